The zero-order chi connectivity index (χ0) is 19.6. The summed E-state index contributed by atoms with van der Waals surface area (Å²) in [6.45, 7) is 3.94. The summed E-state index contributed by atoms with van der Waals surface area (Å²) in [6.07, 6.45) is 0. The number of aromatic amines is 1. The molecule has 0 radical (unpaired) electrons. The molecule has 3 N–H and O–H groups in total. The maximum Gasteiger partial charge on any atom is 0.280 e. The first kappa shape index (κ1) is 18.8. The van der Waals surface area contributed by atoms with Crippen LogP contribution in [0.5, 0.6) is 0 Å². The van der Waals surface area contributed by atoms with E-state index in [-0.39, 0.29) is 10.5 Å². The van der Waals surface area contributed by atoms with Gasteiger partial charge in [0, 0.05) is 11.4 Å². The Balaban J connectivity index is 1.87. The second kappa shape index (κ2) is 7.34. The van der Waals surface area contributed by atoms with Crippen molar-refractivity contribution >= 4 is 15.7 Å². The van der Waals surface area contributed by atoms with Gasteiger partial charge in [0.25, 0.3) is 5.56 Å². The fourth-order valence-corrected chi connectivity index (χ4v) is 3.32. The minimum Gasteiger partial charge on any atom is -0.295 e. The Labute approximate surface area is 157 Å². The molecule has 1 heterocycles. The Morgan fingerprint density at radius 1 is 1.11 bits per heavy atom. The van der Waals surface area contributed by atoms with Crippen molar-refractivity contribution in [3.05, 3.63) is 81.8 Å². The lowest BCUT2D eigenvalue weighted by atomic mass is 10.1. The number of rotatable bonds is 5. The number of hydrogen-bond acceptors (Lipinski definition) is 4. The molecule has 140 valence electrons. The summed E-state index contributed by atoms with van der Waals surface area (Å²) in [5.41, 5.74) is 3.28. The smallest absolute Gasteiger partial charge is 0.280 e. The highest BCUT2D eigenvalue weighted by atomic mass is 32.2. The van der Waals surface area contributed by atoms with Gasteiger partial charge >= 0.3 is 0 Å². The van der Waals surface area contributed by atoms with Gasteiger partial charge in [0.2, 0.25) is 10.0 Å². The summed E-state index contributed by atoms with van der Waals surface area (Å²) in [5.74, 6) is 0. The highest BCUT2D eigenvalue weighted by Gasteiger charge is 2.14. The van der Waals surface area contributed by atoms with E-state index in [1.165, 1.54) is 16.8 Å². The fraction of sp³-hybridized carbons (Fsp3) is 0.158. The first-order valence-corrected chi connectivity index (χ1v) is 9.82. The number of aromatic nitrogens is 2. The van der Waals surface area contributed by atoms with Gasteiger partial charge in [0.05, 0.1) is 22.7 Å². The number of aryl methyl sites for hydroxylation is 1. The van der Waals surface area contributed by atoms with Crippen LogP contribution < -0.4 is 10.7 Å². The van der Waals surface area contributed by atoms with Crippen LogP contribution in [0.4, 0.5) is 0 Å². The zero-order valence-corrected chi connectivity index (χ0v) is 15.8. The van der Waals surface area contributed by atoms with Crippen molar-refractivity contribution in [3.63, 3.8) is 0 Å². The van der Waals surface area contributed by atoms with Gasteiger partial charge in [-0.15, -0.1) is 0 Å². The minimum atomic E-state index is -3.71. The molecule has 0 saturated heterocycles. The predicted octanol–water partition coefficient (Wildman–Crippen LogP) is 2.13. The van der Waals surface area contributed by atoms with Gasteiger partial charge in [-0.3, -0.25) is 14.9 Å². The Kier molecular flexibility index (Phi) is 5.11. The van der Waals surface area contributed by atoms with Crippen molar-refractivity contribution < 1.29 is 8.42 Å². The Bertz CT molecular complexity index is 1140. The minimum absolute atomic E-state index is 0.0548. The van der Waals surface area contributed by atoms with Crippen molar-refractivity contribution in [2.24, 2.45) is 10.1 Å². The second-order valence-corrected chi connectivity index (χ2v) is 7.74. The van der Waals surface area contributed by atoms with Crippen LogP contribution in [0.15, 0.2) is 69.3 Å². The fourth-order valence-electron chi connectivity index (χ4n) is 2.81. The summed E-state index contributed by atoms with van der Waals surface area (Å²) in [5, 5.41) is 8.17. The van der Waals surface area contributed by atoms with Gasteiger partial charge in [-0.1, -0.05) is 30.3 Å². The number of nitrogens with zero attached hydrogens (tertiary/aromatic N) is 2. The molecule has 3 aromatic rings. The van der Waals surface area contributed by atoms with E-state index in [9.17, 15) is 13.2 Å². The van der Waals surface area contributed by atoms with E-state index < -0.39 is 10.0 Å². The Morgan fingerprint density at radius 3 is 2.33 bits per heavy atom. The third kappa shape index (κ3) is 4.07. The van der Waals surface area contributed by atoms with Crippen LogP contribution in [-0.2, 0) is 16.6 Å². The maximum absolute atomic E-state index is 12.8. The lowest BCUT2D eigenvalue weighted by molar-refractivity contribution is 0.598. The van der Waals surface area contributed by atoms with Crippen molar-refractivity contribution in [1.82, 2.24) is 9.78 Å². The van der Waals surface area contributed by atoms with Gasteiger partial charge in [0.15, 0.2) is 0 Å². The number of nitrogens with one attached hydrogen (secondary N) is 1. The van der Waals surface area contributed by atoms with E-state index in [0.29, 0.717) is 17.8 Å². The monoisotopic (exact) mass is 384 g/mol. The van der Waals surface area contributed by atoms with Crippen LogP contribution in [0.2, 0.25) is 0 Å². The van der Waals surface area contributed by atoms with Crippen LogP contribution in [0, 0.1) is 6.92 Å². The third-order valence-corrected chi connectivity index (χ3v) is 5.13. The van der Waals surface area contributed by atoms with Crippen LogP contribution in [0.1, 0.15) is 23.7 Å². The molecular weight excluding hydrogens is 364 g/mol. The largest absolute Gasteiger partial charge is 0.295 e. The molecule has 2 aromatic carbocycles. The second-order valence-electron chi connectivity index (χ2n) is 6.18. The number of hydrogen-bond donors (Lipinski definition) is 2. The molecule has 0 amide bonds. The SMILES string of the molecule is CC(=NCc1ccc(S(N)(=O)=O)cc1)c1c(C)[nH]n(-c2ccccc2)c1=O. The molecule has 0 spiro atoms. The predicted molar refractivity (Wildman–Crippen MR) is 105 cm³/mol. The maximum atomic E-state index is 12.8. The molecule has 0 aliphatic heterocycles. The molecule has 0 bridgehead atoms. The van der Waals surface area contributed by atoms with Gasteiger partial charge in [-0.2, -0.15) is 0 Å². The quantitative estimate of drug-likeness (QED) is 0.657. The summed E-state index contributed by atoms with van der Waals surface area (Å²) in [6, 6.07) is 15.5. The van der Waals surface area contributed by atoms with Crippen molar-refractivity contribution in [3.8, 4) is 5.69 Å². The lowest BCUT2D eigenvalue weighted by Gasteiger charge is -2.02. The summed E-state index contributed by atoms with van der Waals surface area (Å²) in [4.78, 5) is 17.3. The van der Waals surface area contributed by atoms with E-state index in [4.69, 9.17) is 5.14 Å². The van der Waals surface area contributed by atoms with Crippen molar-refractivity contribution in [2.45, 2.75) is 25.3 Å². The first-order chi connectivity index (χ1) is 12.8. The third-order valence-electron chi connectivity index (χ3n) is 4.20. The molecule has 0 saturated carbocycles. The number of aliphatic imine (C=N–C) groups is 1. The molecule has 3 rings (SSSR count). The number of sulfonamides is 1. The van der Waals surface area contributed by atoms with Crippen molar-refractivity contribution in [2.75, 3.05) is 0 Å². The molecular formula is C19H20N4O3S. The standard InChI is InChI=1S/C19H20N4O3S/c1-13(21-12-15-8-10-17(11-9-15)27(20,25)26)18-14(2)22-23(19(18)24)16-6-4-3-5-7-16/h3-11,22H,12H2,1-2H3,(H2,20,25,26). The normalized spacial score (nSPS) is 12.3. The van der Waals surface area contributed by atoms with E-state index in [1.54, 1.807) is 19.1 Å². The number of H-pyrrole nitrogens is 1. The van der Waals surface area contributed by atoms with E-state index in [1.807, 2.05) is 37.3 Å². The molecule has 0 atom stereocenters. The Hall–Kier alpha value is -2.97. The molecule has 1 aromatic heterocycles. The summed E-state index contributed by atoms with van der Waals surface area (Å²) >= 11 is 0. The summed E-state index contributed by atoms with van der Waals surface area (Å²) in [7, 11) is -3.71. The highest BCUT2D eigenvalue weighted by molar-refractivity contribution is 7.89. The first-order valence-electron chi connectivity index (χ1n) is 8.27. The summed E-state index contributed by atoms with van der Waals surface area (Å²) < 4.78 is 24.1. The van der Waals surface area contributed by atoms with Crippen LogP contribution in [0.25, 0.3) is 5.69 Å². The number of primary sulfonamides is 1. The van der Waals surface area contributed by atoms with Gasteiger partial charge in [-0.25, -0.2) is 18.2 Å². The molecule has 0 aliphatic carbocycles. The average molecular weight is 384 g/mol. The van der Waals surface area contributed by atoms with E-state index in [0.717, 1.165) is 16.9 Å². The average Bonchev–Trinajstić information content (AvgIpc) is 2.94. The molecule has 0 fully saturated rings. The van der Waals surface area contributed by atoms with Gasteiger partial charge < -0.3 is 0 Å². The van der Waals surface area contributed by atoms with Crippen LogP contribution in [-0.4, -0.2) is 23.9 Å². The molecule has 0 unspecified atom stereocenters. The molecule has 8 heteroatoms. The van der Waals surface area contributed by atoms with Crippen molar-refractivity contribution in [1.29, 1.82) is 0 Å². The van der Waals surface area contributed by atoms with Crippen LogP contribution in [0.3, 0.4) is 0 Å². The lowest BCUT2D eigenvalue weighted by Crippen LogP contribution is -2.19. The number of benzene rings is 2. The number of para-hydroxylation sites is 1. The van der Waals surface area contributed by atoms with E-state index in [2.05, 4.69) is 10.1 Å². The van der Waals surface area contributed by atoms with Crippen LogP contribution >= 0.6 is 0 Å². The topological polar surface area (TPSA) is 110 Å². The molecule has 27 heavy (non-hydrogen) atoms. The number of nitrogens with two attached hydrogens (primary N) is 1. The molecule has 7 nitrogen and oxygen atoms in total. The highest BCUT2D eigenvalue weighted by Crippen LogP contribution is 2.11. The Morgan fingerprint density at radius 2 is 1.74 bits per heavy atom. The van der Waals surface area contributed by atoms with E-state index >= 15 is 0 Å². The molecule has 0 aliphatic rings. The van der Waals surface area contributed by atoms with Gasteiger partial charge in [-0.05, 0) is 43.7 Å². The zero-order valence-electron chi connectivity index (χ0n) is 15.0. The van der Waals surface area contributed by atoms with Gasteiger partial charge in [0.1, 0.15) is 0 Å².